The number of rotatable bonds is 6. The van der Waals surface area contributed by atoms with E-state index in [0.717, 1.165) is 25.9 Å². The van der Waals surface area contributed by atoms with Crippen molar-refractivity contribution in [3.05, 3.63) is 18.3 Å². The number of nitrogens with one attached hydrogen (secondary N) is 2. The van der Waals surface area contributed by atoms with Gasteiger partial charge in [-0.2, -0.15) is 0 Å². The molecule has 1 aromatic heterocycles. The number of likely N-dealkylation sites (tertiary alicyclic amines) is 1. The van der Waals surface area contributed by atoms with Crippen molar-refractivity contribution in [2.45, 2.75) is 37.1 Å². The summed E-state index contributed by atoms with van der Waals surface area (Å²) in [7, 11) is -1.44. The van der Waals surface area contributed by atoms with Crippen LogP contribution in [0.15, 0.2) is 23.2 Å². The van der Waals surface area contributed by atoms with Crippen molar-refractivity contribution in [3.63, 3.8) is 0 Å². The van der Waals surface area contributed by atoms with Gasteiger partial charge in [0.25, 0.3) is 0 Å². The number of hydrogen-bond donors (Lipinski definition) is 2. The highest BCUT2D eigenvalue weighted by atomic mass is 32.2. The Morgan fingerprint density at radius 2 is 2.19 bits per heavy atom. The van der Waals surface area contributed by atoms with Crippen molar-refractivity contribution >= 4 is 15.8 Å². The van der Waals surface area contributed by atoms with Gasteiger partial charge in [0.05, 0.1) is 0 Å². The standard InChI is InChI=1S/C14H24N4O2S/c1-3-15-14-8-7-13(11-16-14)21(19,20)17-10-12-6-4-5-9-18(12)2/h7-8,11-12,17H,3-6,9-10H2,1-2H3,(H,15,16). The van der Waals surface area contributed by atoms with Crippen LogP contribution in [0.2, 0.25) is 0 Å². The molecule has 21 heavy (non-hydrogen) atoms. The summed E-state index contributed by atoms with van der Waals surface area (Å²) in [5.74, 6) is 0.684. The summed E-state index contributed by atoms with van der Waals surface area (Å²) in [6, 6.07) is 3.55. The summed E-state index contributed by atoms with van der Waals surface area (Å²) in [4.78, 5) is 6.54. The minimum atomic E-state index is -3.48. The first kappa shape index (κ1) is 16.2. The van der Waals surface area contributed by atoms with Crippen LogP contribution >= 0.6 is 0 Å². The van der Waals surface area contributed by atoms with Crippen molar-refractivity contribution in [1.29, 1.82) is 0 Å². The second-order valence-electron chi connectivity index (χ2n) is 5.39. The minimum absolute atomic E-state index is 0.211. The lowest BCUT2D eigenvalue weighted by Gasteiger charge is -2.32. The number of piperidine rings is 1. The molecule has 0 saturated carbocycles. The predicted molar refractivity (Wildman–Crippen MR) is 83.9 cm³/mol. The molecular weight excluding hydrogens is 288 g/mol. The Balaban J connectivity index is 1.97. The number of aromatic nitrogens is 1. The molecule has 6 nitrogen and oxygen atoms in total. The van der Waals surface area contributed by atoms with Crippen molar-refractivity contribution in [1.82, 2.24) is 14.6 Å². The van der Waals surface area contributed by atoms with Gasteiger partial charge in [-0.1, -0.05) is 6.42 Å². The van der Waals surface area contributed by atoms with Crippen LogP contribution < -0.4 is 10.0 Å². The van der Waals surface area contributed by atoms with Crippen LogP contribution in [0.1, 0.15) is 26.2 Å². The van der Waals surface area contributed by atoms with E-state index in [9.17, 15) is 8.42 Å². The maximum atomic E-state index is 12.3. The van der Waals surface area contributed by atoms with Gasteiger partial charge in [0.1, 0.15) is 10.7 Å². The van der Waals surface area contributed by atoms with Crippen LogP contribution in [-0.4, -0.2) is 51.0 Å². The van der Waals surface area contributed by atoms with Gasteiger partial charge in [-0.3, -0.25) is 0 Å². The molecule has 0 radical (unpaired) electrons. The van der Waals surface area contributed by atoms with Gasteiger partial charge in [-0.05, 0) is 45.5 Å². The Bertz CT molecular complexity index is 545. The fourth-order valence-electron chi connectivity index (χ4n) is 2.52. The maximum Gasteiger partial charge on any atom is 0.242 e. The number of pyridine rings is 1. The van der Waals surface area contributed by atoms with Gasteiger partial charge in [-0.25, -0.2) is 18.1 Å². The van der Waals surface area contributed by atoms with Gasteiger partial charge >= 0.3 is 0 Å². The number of nitrogens with zero attached hydrogens (tertiary/aromatic N) is 2. The molecule has 1 aliphatic rings. The summed E-state index contributed by atoms with van der Waals surface area (Å²) < 4.78 is 27.2. The molecule has 2 N–H and O–H groups in total. The molecule has 1 atom stereocenters. The first-order valence-electron chi connectivity index (χ1n) is 7.43. The van der Waals surface area contributed by atoms with E-state index in [4.69, 9.17) is 0 Å². The highest BCUT2D eigenvalue weighted by Crippen LogP contribution is 2.15. The number of likely N-dealkylation sites (N-methyl/N-ethyl adjacent to an activating group) is 1. The molecule has 1 saturated heterocycles. The molecule has 0 spiro atoms. The van der Waals surface area contributed by atoms with E-state index in [1.807, 2.05) is 14.0 Å². The first-order valence-corrected chi connectivity index (χ1v) is 8.91. The Morgan fingerprint density at radius 3 is 2.81 bits per heavy atom. The largest absolute Gasteiger partial charge is 0.370 e. The Kier molecular flexibility index (Phi) is 5.55. The van der Waals surface area contributed by atoms with E-state index in [-0.39, 0.29) is 10.9 Å². The fourth-order valence-corrected chi connectivity index (χ4v) is 3.53. The smallest absolute Gasteiger partial charge is 0.242 e. The van der Waals surface area contributed by atoms with Crippen molar-refractivity contribution in [2.75, 3.05) is 32.0 Å². The third-order valence-corrected chi connectivity index (χ3v) is 5.24. The van der Waals surface area contributed by atoms with Crippen LogP contribution in [0.5, 0.6) is 0 Å². The van der Waals surface area contributed by atoms with E-state index >= 15 is 0 Å². The first-order chi connectivity index (χ1) is 10.0. The molecule has 1 fully saturated rings. The summed E-state index contributed by atoms with van der Waals surface area (Å²) >= 11 is 0. The maximum absolute atomic E-state index is 12.3. The highest BCUT2D eigenvalue weighted by molar-refractivity contribution is 7.89. The quantitative estimate of drug-likeness (QED) is 0.827. The SMILES string of the molecule is CCNc1ccc(S(=O)(=O)NCC2CCCCN2C)cn1. The third-order valence-electron chi connectivity index (χ3n) is 3.84. The summed E-state index contributed by atoms with van der Waals surface area (Å²) in [5.41, 5.74) is 0. The van der Waals surface area contributed by atoms with Crippen molar-refractivity contribution in [3.8, 4) is 0 Å². The van der Waals surface area contributed by atoms with Gasteiger partial charge < -0.3 is 10.2 Å². The zero-order valence-electron chi connectivity index (χ0n) is 12.7. The molecule has 0 aliphatic carbocycles. The molecule has 1 aromatic rings. The van der Waals surface area contributed by atoms with E-state index in [1.54, 1.807) is 12.1 Å². The predicted octanol–water partition coefficient (Wildman–Crippen LogP) is 1.28. The van der Waals surface area contributed by atoms with Crippen LogP contribution in [-0.2, 0) is 10.0 Å². The molecule has 0 bridgehead atoms. The van der Waals surface area contributed by atoms with Crippen molar-refractivity contribution in [2.24, 2.45) is 0 Å². The van der Waals surface area contributed by atoms with E-state index in [2.05, 4.69) is 19.9 Å². The Hall–Kier alpha value is -1.18. The molecule has 0 amide bonds. The zero-order chi connectivity index (χ0) is 15.3. The number of hydrogen-bond acceptors (Lipinski definition) is 5. The monoisotopic (exact) mass is 312 g/mol. The summed E-state index contributed by atoms with van der Waals surface area (Å²) in [6.45, 7) is 4.21. The Labute approximate surface area is 127 Å². The second kappa shape index (κ2) is 7.20. The van der Waals surface area contributed by atoms with Crippen LogP contribution in [0.3, 0.4) is 0 Å². The lowest BCUT2D eigenvalue weighted by Crippen LogP contribution is -2.44. The molecule has 7 heteroatoms. The number of anilines is 1. The molecular formula is C14H24N4O2S. The van der Waals surface area contributed by atoms with E-state index in [0.29, 0.717) is 12.4 Å². The summed E-state index contributed by atoms with van der Waals surface area (Å²) in [5, 5.41) is 3.04. The van der Waals surface area contributed by atoms with Crippen LogP contribution in [0.4, 0.5) is 5.82 Å². The molecule has 0 aromatic carbocycles. The average molecular weight is 312 g/mol. The second-order valence-corrected chi connectivity index (χ2v) is 7.16. The van der Waals surface area contributed by atoms with Gasteiger partial charge in [0, 0.05) is 25.3 Å². The van der Waals surface area contributed by atoms with E-state index < -0.39 is 10.0 Å². The lowest BCUT2D eigenvalue weighted by molar-refractivity contribution is 0.187. The average Bonchev–Trinajstić information content (AvgIpc) is 2.47. The fraction of sp³-hybridized carbons (Fsp3) is 0.643. The Morgan fingerprint density at radius 1 is 1.38 bits per heavy atom. The molecule has 2 rings (SSSR count). The van der Waals surface area contributed by atoms with Gasteiger partial charge in [0.2, 0.25) is 10.0 Å². The van der Waals surface area contributed by atoms with Crippen LogP contribution in [0, 0.1) is 0 Å². The lowest BCUT2D eigenvalue weighted by atomic mass is 10.0. The zero-order valence-corrected chi connectivity index (χ0v) is 13.5. The third kappa shape index (κ3) is 4.39. The van der Waals surface area contributed by atoms with Crippen molar-refractivity contribution < 1.29 is 8.42 Å². The summed E-state index contributed by atoms with van der Waals surface area (Å²) in [6.07, 6.45) is 4.78. The normalized spacial score (nSPS) is 20.4. The minimum Gasteiger partial charge on any atom is -0.370 e. The topological polar surface area (TPSA) is 74.3 Å². The molecule has 1 unspecified atom stereocenters. The molecule has 118 valence electrons. The van der Waals surface area contributed by atoms with Gasteiger partial charge in [-0.15, -0.1) is 0 Å². The van der Waals surface area contributed by atoms with Crippen LogP contribution in [0.25, 0.3) is 0 Å². The number of sulfonamides is 1. The molecule has 1 aliphatic heterocycles. The van der Waals surface area contributed by atoms with Gasteiger partial charge in [0.15, 0.2) is 0 Å². The van der Waals surface area contributed by atoms with E-state index in [1.165, 1.54) is 12.6 Å². The molecule has 2 heterocycles. The highest BCUT2D eigenvalue weighted by Gasteiger charge is 2.22.